The summed E-state index contributed by atoms with van der Waals surface area (Å²) in [7, 11) is 5.96. The highest BCUT2D eigenvalue weighted by Gasteiger charge is 2.19. The molecule has 0 atom stereocenters. The fraction of sp³-hybridized carbons (Fsp3) is 0.435. The average Bonchev–Trinajstić information content (AvgIpc) is 2.75. The van der Waals surface area contributed by atoms with Crippen molar-refractivity contribution in [3.8, 4) is 5.75 Å². The van der Waals surface area contributed by atoms with Crippen molar-refractivity contribution in [3.05, 3.63) is 60.2 Å². The van der Waals surface area contributed by atoms with E-state index in [-0.39, 0.29) is 24.0 Å². The van der Waals surface area contributed by atoms with Crippen molar-refractivity contribution in [1.82, 2.24) is 15.1 Å². The van der Waals surface area contributed by atoms with E-state index in [9.17, 15) is 0 Å². The number of likely N-dealkylation sites (N-methyl/N-ethyl adjacent to an activating group) is 1. The lowest BCUT2D eigenvalue weighted by atomic mass is 10.2. The van der Waals surface area contributed by atoms with Crippen LogP contribution in [0.25, 0.3) is 0 Å². The first-order valence-electron chi connectivity index (χ1n) is 10.3. The number of guanidine groups is 1. The summed E-state index contributed by atoms with van der Waals surface area (Å²) in [6, 6.07) is 18.9. The zero-order valence-electron chi connectivity index (χ0n) is 18.3. The summed E-state index contributed by atoms with van der Waals surface area (Å²) in [5.41, 5.74) is 2.48. The molecule has 6 nitrogen and oxygen atoms in total. The molecule has 1 aliphatic heterocycles. The number of benzene rings is 2. The fourth-order valence-electron chi connectivity index (χ4n) is 3.42. The molecule has 0 aliphatic carbocycles. The van der Waals surface area contributed by atoms with Gasteiger partial charge in [0.05, 0.1) is 0 Å². The Labute approximate surface area is 197 Å². The first kappa shape index (κ1) is 24.3. The predicted octanol–water partition coefficient (Wildman–Crippen LogP) is 3.14. The quantitative estimate of drug-likeness (QED) is 0.343. The average molecular weight is 523 g/mol. The largest absolute Gasteiger partial charge is 0.492 e. The molecule has 2 aromatic carbocycles. The zero-order valence-corrected chi connectivity index (χ0v) is 20.6. The van der Waals surface area contributed by atoms with E-state index >= 15 is 0 Å². The van der Waals surface area contributed by atoms with Crippen molar-refractivity contribution in [1.29, 1.82) is 0 Å². The van der Waals surface area contributed by atoms with Crippen LogP contribution in [0.15, 0.2) is 59.6 Å². The minimum Gasteiger partial charge on any atom is -0.492 e. The molecule has 1 saturated heterocycles. The van der Waals surface area contributed by atoms with Crippen molar-refractivity contribution >= 4 is 35.6 Å². The molecule has 0 aromatic heterocycles. The summed E-state index contributed by atoms with van der Waals surface area (Å²) >= 11 is 0. The Kier molecular flexibility index (Phi) is 10.2. The van der Waals surface area contributed by atoms with Gasteiger partial charge in [0.1, 0.15) is 12.4 Å². The lowest BCUT2D eigenvalue weighted by molar-refractivity contribution is 0.261. The third kappa shape index (κ3) is 7.36. The van der Waals surface area contributed by atoms with Crippen molar-refractivity contribution in [2.75, 3.05) is 65.4 Å². The SMILES string of the molecule is CN=C(NCc1cccc(OCCN(C)C)c1)N1CCN(c2ccccc2)CC1.I. The predicted molar refractivity (Wildman–Crippen MR) is 136 cm³/mol. The topological polar surface area (TPSA) is 43.3 Å². The Morgan fingerprint density at radius 3 is 2.43 bits per heavy atom. The molecule has 0 saturated carbocycles. The minimum absolute atomic E-state index is 0. The maximum absolute atomic E-state index is 5.85. The number of hydrogen-bond donors (Lipinski definition) is 1. The number of rotatable bonds is 7. The summed E-state index contributed by atoms with van der Waals surface area (Å²) in [4.78, 5) is 11.4. The molecular formula is C23H34IN5O. The van der Waals surface area contributed by atoms with Crippen molar-refractivity contribution in [2.24, 2.45) is 4.99 Å². The van der Waals surface area contributed by atoms with Crippen LogP contribution in [0, 0.1) is 0 Å². The Hall–Kier alpha value is -2.00. The van der Waals surface area contributed by atoms with E-state index in [1.165, 1.54) is 11.3 Å². The molecule has 3 rings (SSSR count). The number of aliphatic imine (C=N–C) groups is 1. The molecule has 1 fully saturated rings. The lowest BCUT2D eigenvalue weighted by Gasteiger charge is -2.37. The van der Waals surface area contributed by atoms with Gasteiger partial charge in [-0.1, -0.05) is 30.3 Å². The van der Waals surface area contributed by atoms with E-state index in [2.05, 4.69) is 81.6 Å². The summed E-state index contributed by atoms with van der Waals surface area (Å²) in [5.74, 6) is 1.87. The van der Waals surface area contributed by atoms with Gasteiger partial charge in [-0.2, -0.15) is 0 Å². The molecular weight excluding hydrogens is 489 g/mol. The van der Waals surface area contributed by atoms with Crippen LogP contribution < -0.4 is 15.0 Å². The van der Waals surface area contributed by atoms with E-state index < -0.39 is 0 Å². The third-order valence-corrected chi connectivity index (χ3v) is 5.07. The van der Waals surface area contributed by atoms with Gasteiger partial charge in [-0.25, -0.2) is 0 Å². The van der Waals surface area contributed by atoms with Crippen LogP contribution in [0.5, 0.6) is 5.75 Å². The maximum Gasteiger partial charge on any atom is 0.194 e. The number of hydrogen-bond acceptors (Lipinski definition) is 4. The molecule has 0 spiro atoms. The normalized spacial score (nSPS) is 14.5. The Bertz CT molecular complexity index is 776. The minimum atomic E-state index is 0. The monoisotopic (exact) mass is 523 g/mol. The third-order valence-electron chi connectivity index (χ3n) is 5.07. The number of nitrogens with one attached hydrogen (secondary N) is 1. The van der Waals surface area contributed by atoms with Crippen LogP contribution in [-0.4, -0.2) is 76.2 Å². The Morgan fingerprint density at radius 1 is 1.03 bits per heavy atom. The number of ether oxygens (including phenoxy) is 1. The van der Waals surface area contributed by atoms with Crippen LogP contribution in [0.2, 0.25) is 0 Å². The van der Waals surface area contributed by atoms with Crippen LogP contribution in [0.3, 0.4) is 0 Å². The van der Waals surface area contributed by atoms with Gasteiger partial charge in [-0.05, 0) is 43.9 Å². The Morgan fingerprint density at radius 2 is 1.77 bits per heavy atom. The summed E-state index contributed by atoms with van der Waals surface area (Å²) in [6.07, 6.45) is 0. The van der Waals surface area contributed by atoms with Crippen LogP contribution in [0.4, 0.5) is 5.69 Å². The van der Waals surface area contributed by atoms with Gasteiger partial charge < -0.3 is 24.8 Å². The molecule has 1 heterocycles. The van der Waals surface area contributed by atoms with Crippen molar-refractivity contribution in [3.63, 3.8) is 0 Å². The smallest absolute Gasteiger partial charge is 0.194 e. The van der Waals surface area contributed by atoms with Gasteiger partial charge in [0.25, 0.3) is 0 Å². The van der Waals surface area contributed by atoms with E-state index in [0.717, 1.165) is 51.0 Å². The molecule has 0 unspecified atom stereocenters. The number of nitrogens with zero attached hydrogens (tertiary/aromatic N) is 4. The van der Waals surface area contributed by atoms with Crippen LogP contribution >= 0.6 is 24.0 Å². The van der Waals surface area contributed by atoms with Crippen LogP contribution in [0.1, 0.15) is 5.56 Å². The summed E-state index contributed by atoms with van der Waals surface area (Å²) in [6.45, 7) is 6.25. The first-order chi connectivity index (χ1) is 14.2. The number of anilines is 1. The molecule has 30 heavy (non-hydrogen) atoms. The number of piperazine rings is 1. The summed E-state index contributed by atoms with van der Waals surface area (Å²) in [5, 5.41) is 3.51. The second-order valence-corrected chi connectivity index (χ2v) is 7.51. The Balaban J connectivity index is 0.00000320. The second-order valence-electron chi connectivity index (χ2n) is 7.51. The molecule has 7 heteroatoms. The molecule has 0 radical (unpaired) electrons. The standard InChI is InChI=1S/C23H33N5O.HI/c1-24-23(28-14-12-27(13-15-28)21-9-5-4-6-10-21)25-19-20-8-7-11-22(18-20)29-17-16-26(2)3;/h4-11,18H,12-17,19H2,1-3H3,(H,24,25);1H. The molecule has 164 valence electrons. The van der Waals surface area contributed by atoms with Gasteiger partial charge in [0.2, 0.25) is 0 Å². The van der Waals surface area contributed by atoms with Gasteiger partial charge in [-0.3, -0.25) is 4.99 Å². The zero-order chi connectivity index (χ0) is 20.5. The maximum atomic E-state index is 5.85. The number of halogens is 1. The van der Waals surface area contributed by atoms with Crippen molar-refractivity contribution < 1.29 is 4.74 Å². The first-order valence-corrected chi connectivity index (χ1v) is 10.3. The van der Waals surface area contributed by atoms with Gasteiger partial charge >= 0.3 is 0 Å². The number of para-hydroxylation sites is 1. The molecule has 1 N–H and O–H groups in total. The van der Waals surface area contributed by atoms with Gasteiger partial charge in [-0.15, -0.1) is 24.0 Å². The highest BCUT2D eigenvalue weighted by Crippen LogP contribution is 2.16. The van der Waals surface area contributed by atoms with Crippen LogP contribution in [-0.2, 0) is 6.54 Å². The molecule has 0 amide bonds. The lowest BCUT2D eigenvalue weighted by Crippen LogP contribution is -2.52. The highest BCUT2D eigenvalue weighted by molar-refractivity contribution is 14.0. The summed E-state index contributed by atoms with van der Waals surface area (Å²) < 4.78 is 5.85. The second kappa shape index (κ2) is 12.6. The van der Waals surface area contributed by atoms with Gasteiger partial charge in [0.15, 0.2) is 5.96 Å². The molecule has 0 bridgehead atoms. The van der Waals surface area contributed by atoms with E-state index in [1.54, 1.807) is 0 Å². The van der Waals surface area contributed by atoms with Crippen molar-refractivity contribution in [2.45, 2.75) is 6.54 Å². The fourth-order valence-corrected chi connectivity index (χ4v) is 3.42. The highest BCUT2D eigenvalue weighted by atomic mass is 127. The van der Waals surface area contributed by atoms with Gasteiger partial charge in [0, 0.05) is 52.0 Å². The van der Waals surface area contributed by atoms with E-state index in [1.807, 2.05) is 19.2 Å². The van der Waals surface area contributed by atoms with E-state index in [4.69, 9.17) is 4.74 Å². The molecule has 2 aromatic rings. The van der Waals surface area contributed by atoms with E-state index in [0.29, 0.717) is 6.61 Å². The molecule has 1 aliphatic rings.